The second kappa shape index (κ2) is 8.86. The Morgan fingerprint density at radius 3 is 2.74 bits per heavy atom. The molecule has 1 N–H and O–H groups in total. The molecular formula is C15H26FN3. The Hall–Kier alpha value is -1.16. The van der Waals surface area contributed by atoms with E-state index in [9.17, 15) is 4.39 Å². The lowest BCUT2D eigenvalue weighted by Gasteiger charge is -2.21. The van der Waals surface area contributed by atoms with Gasteiger partial charge in [-0.25, -0.2) is 9.37 Å². The Morgan fingerprint density at radius 2 is 2.05 bits per heavy atom. The van der Waals surface area contributed by atoms with Crippen LogP contribution in [-0.4, -0.2) is 25.1 Å². The summed E-state index contributed by atoms with van der Waals surface area (Å²) in [6.07, 6.45) is 5.94. The third-order valence-electron chi connectivity index (χ3n) is 3.11. The van der Waals surface area contributed by atoms with E-state index in [2.05, 4.69) is 29.0 Å². The Balaban J connectivity index is 2.68. The zero-order chi connectivity index (χ0) is 14.1. The highest BCUT2D eigenvalue weighted by Crippen LogP contribution is 2.18. The largest absolute Gasteiger partial charge is 0.359 e. The van der Waals surface area contributed by atoms with Gasteiger partial charge in [0.05, 0.1) is 6.20 Å². The number of halogens is 1. The molecule has 0 aliphatic rings. The summed E-state index contributed by atoms with van der Waals surface area (Å²) in [6, 6.07) is 1.58. The minimum atomic E-state index is -0.265. The molecule has 3 nitrogen and oxygen atoms in total. The number of nitrogens with zero attached hydrogens (tertiary/aromatic N) is 2. The van der Waals surface area contributed by atoms with Gasteiger partial charge < -0.3 is 10.2 Å². The highest BCUT2D eigenvalue weighted by atomic mass is 19.1. The van der Waals surface area contributed by atoms with Crippen LogP contribution >= 0.6 is 0 Å². The monoisotopic (exact) mass is 267 g/mol. The summed E-state index contributed by atoms with van der Waals surface area (Å²) in [4.78, 5) is 6.37. The summed E-state index contributed by atoms with van der Waals surface area (Å²) in [5.74, 6) is 0.625. The van der Waals surface area contributed by atoms with Crippen LogP contribution in [0.25, 0.3) is 0 Å². The van der Waals surface area contributed by atoms with Crippen LogP contribution in [-0.2, 0) is 6.54 Å². The lowest BCUT2D eigenvalue weighted by atomic mass is 10.2. The van der Waals surface area contributed by atoms with Crippen molar-refractivity contribution in [3.05, 3.63) is 23.6 Å². The van der Waals surface area contributed by atoms with E-state index in [1.165, 1.54) is 19.0 Å². The fourth-order valence-corrected chi connectivity index (χ4v) is 2.05. The number of aromatic nitrogens is 1. The van der Waals surface area contributed by atoms with Gasteiger partial charge in [-0.3, -0.25) is 0 Å². The smallest absolute Gasteiger partial charge is 0.141 e. The van der Waals surface area contributed by atoms with Crippen LogP contribution in [0.4, 0.5) is 10.2 Å². The fourth-order valence-electron chi connectivity index (χ4n) is 2.05. The van der Waals surface area contributed by atoms with Crippen molar-refractivity contribution in [1.82, 2.24) is 10.3 Å². The molecule has 4 heteroatoms. The zero-order valence-electron chi connectivity index (χ0n) is 12.4. The van der Waals surface area contributed by atoms with Crippen molar-refractivity contribution in [2.75, 3.05) is 25.0 Å². The van der Waals surface area contributed by atoms with Crippen LogP contribution in [0.5, 0.6) is 0 Å². The molecule has 1 heterocycles. The van der Waals surface area contributed by atoms with Crippen molar-refractivity contribution in [3.8, 4) is 0 Å². The van der Waals surface area contributed by atoms with Crippen LogP contribution in [0.1, 0.15) is 45.1 Å². The highest BCUT2D eigenvalue weighted by molar-refractivity contribution is 5.46. The Kier molecular flexibility index (Phi) is 7.41. The predicted octanol–water partition coefficient (Wildman–Crippen LogP) is 3.35. The average Bonchev–Trinajstić information content (AvgIpc) is 2.39. The molecule has 1 aromatic heterocycles. The number of pyridine rings is 1. The summed E-state index contributed by atoms with van der Waals surface area (Å²) in [6.45, 7) is 6.89. The van der Waals surface area contributed by atoms with E-state index in [1.54, 1.807) is 6.07 Å². The van der Waals surface area contributed by atoms with Gasteiger partial charge in [0.15, 0.2) is 0 Å². The van der Waals surface area contributed by atoms with Gasteiger partial charge in [0.2, 0.25) is 0 Å². The molecule has 0 amide bonds. The van der Waals surface area contributed by atoms with E-state index in [-0.39, 0.29) is 5.82 Å². The number of hydrogen-bond donors (Lipinski definition) is 1. The molecule has 0 saturated heterocycles. The van der Waals surface area contributed by atoms with Gasteiger partial charge in [0, 0.05) is 25.7 Å². The van der Waals surface area contributed by atoms with E-state index in [1.807, 2.05) is 7.05 Å². The van der Waals surface area contributed by atoms with Gasteiger partial charge in [0.1, 0.15) is 11.6 Å². The molecule has 0 spiro atoms. The molecule has 0 aromatic carbocycles. The van der Waals surface area contributed by atoms with Gasteiger partial charge in [-0.1, -0.05) is 26.7 Å². The molecular weight excluding hydrogens is 241 g/mol. The minimum absolute atomic E-state index is 0.265. The number of hydrogen-bond acceptors (Lipinski definition) is 3. The number of rotatable bonds is 9. The van der Waals surface area contributed by atoms with E-state index in [0.717, 1.165) is 37.3 Å². The third-order valence-corrected chi connectivity index (χ3v) is 3.11. The van der Waals surface area contributed by atoms with Crippen molar-refractivity contribution in [1.29, 1.82) is 0 Å². The van der Waals surface area contributed by atoms with Gasteiger partial charge >= 0.3 is 0 Å². The van der Waals surface area contributed by atoms with Crippen molar-refractivity contribution in [2.24, 2.45) is 0 Å². The van der Waals surface area contributed by atoms with Crippen LogP contribution in [0.3, 0.4) is 0 Å². The van der Waals surface area contributed by atoms with Crippen LogP contribution in [0.15, 0.2) is 12.3 Å². The minimum Gasteiger partial charge on any atom is -0.359 e. The summed E-state index contributed by atoms with van der Waals surface area (Å²) in [5, 5.41) is 3.31. The molecule has 1 aromatic rings. The molecule has 0 aliphatic heterocycles. The topological polar surface area (TPSA) is 28.2 Å². The molecule has 0 fully saturated rings. The van der Waals surface area contributed by atoms with E-state index >= 15 is 0 Å². The normalized spacial score (nSPS) is 10.7. The molecule has 0 aliphatic carbocycles. The van der Waals surface area contributed by atoms with Crippen molar-refractivity contribution in [3.63, 3.8) is 0 Å². The number of nitrogens with one attached hydrogen (secondary N) is 1. The lowest BCUT2D eigenvalue weighted by Crippen LogP contribution is -2.23. The zero-order valence-corrected chi connectivity index (χ0v) is 12.4. The van der Waals surface area contributed by atoms with E-state index < -0.39 is 0 Å². The van der Waals surface area contributed by atoms with Crippen molar-refractivity contribution < 1.29 is 4.39 Å². The summed E-state index contributed by atoms with van der Waals surface area (Å²) in [7, 11) is 2.03. The Morgan fingerprint density at radius 1 is 1.26 bits per heavy atom. The predicted molar refractivity (Wildman–Crippen MR) is 79.0 cm³/mol. The number of unbranched alkanes of at least 4 members (excludes halogenated alkanes) is 2. The van der Waals surface area contributed by atoms with Crippen molar-refractivity contribution in [2.45, 2.75) is 46.1 Å². The van der Waals surface area contributed by atoms with Crippen molar-refractivity contribution >= 4 is 5.82 Å². The standard InChI is InChI=1S/C15H26FN3/c1-4-6-7-9-19(3)15-13(11-17-8-5-2)10-14(16)12-18-15/h10,12,17H,4-9,11H2,1-3H3. The second-order valence-corrected chi connectivity index (χ2v) is 4.94. The van der Waals surface area contributed by atoms with Gasteiger partial charge in [0.25, 0.3) is 0 Å². The molecule has 0 saturated carbocycles. The first-order chi connectivity index (χ1) is 9.19. The SMILES string of the molecule is CCCCCN(C)c1ncc(F)cc1CNCCC. The summed E-state index contributed by atoms with van der Waals surface area (Å²) >= 11 is 0. The van der Waals surface area contributed by atoms with E-state index in [0.29, 0.717) is 6.54 Å². The lowest BCUT2D eigenvalue weighted by molar-refractivity contribution is 0.609. The fraction of sp³-hybridized carbons (Fsp3) is 0.667. The van der Waals surface area contributed by atoms with Gasteiger partial charge in [-0.15, -0.1) is 0 Å². The Labute approximate surface area is 116 Å². The molecule has 0 unspecified atom stereocenters. The first-order valence-electron chi connectivity index (χ1n) is 7.25. The molecule has 108 valence electrons. The van der Waals surface area contributed by atoms with Gasteiger partial charge in [-0.2, -0.15) is 0 Å². The van der Waals surface area contributed by atoms with E-state index in [4.69, 9.17) is 0 Å². The Bertz CT molecular complexity index is 368. The maximum absolute atomic E-state index is 13.3. The maximum Gasteiger partial charge on any atom is 0.141 e. The first-order valence-corrected chi connectivity index (χ1v) is 7.25. The first kappa shape index (κ1) is 15.9. The molecule has 0 bridgehead atoms. The average molecular weight is 267 g/mol. The number of anilines is 1. The molecule has 0 radical (unpaired) electrons. The highest BCUT2D eigenvalue weighted by Gasteiger charge is 2.10. The third kappa shape index (κ3) is 5.55. The van der Waals surface area contributed by atoms with Crippen LogP contribution < -0.4 is 10.2 Å². The summed E-state index contributed by atoms with van der Waals surface area (Å²) < 4.78 is 13.3. The van der Waals surface area contributed by atoms with Crippen LogP contribution in [0, 0.1) is 5.82 Å². The van der Waals surface area contributed by atoms with Crippen LogP contribution in [0.2, 0.25) is 0 Å². The quantitative estimate of drug-likeness (QED) is 0.695. The summed E-state index contributed by atoms with van der Waals surface area (Å²) in [5.41, 5.74) is 0.937. The maximum atomic E-state index is 13.3. The molecule has 0 atom stereocenters. The molecule has 1 rings (SSSR count). The van der Waals surface area contributed by atoms with Gasteiger partial charge in [-0.05, 0) is 25.5 Å². The molecule has 19 heavy (non-hydrogen) atoms. The second-order valence-electron chi connectivity index (χ2n) is 4.94.